The highest BCUT2D eigenvalue weighted by Crippen LogP contribution is 2.15. The summed E-state index contributed by atoms with van der Waals surface area (Å²) in [6.45, 7) is 5.24. The lowest BCUT2D eigenvalue weighted by molar-refractivity contribution is -0.155. The second kappa shape index (κ2) is 6.56. The standard InChI is InChI=1S/C11H20N2O4/c1-3-8(11(15)17-4-2)13-5-6-16-7-9(13)10(12)14/h8-9H,3-7H2,1-2H3,(H2,12,14). The number of hydrogen-bond donors (Lipinski definition) is 1. The highest BCUT2D eigenvalue weighted by molar-refractivity contribution is 5.82. The summed E-state index contributed by atoms with van der Waals surface area (Å²) >= 11 is 0. The van der Waals surface area contributed by atoms with E-state index < -0.39 is 18.0 Å². The van der Waals surface area contributed by atoms with Gasteiger partial charge in [0, 0.05) is 6.54 Å². The molecule has 1 rings (SSSR count). The van der Waals surface area contributed by atoms with Crippen molar-refractivity contribution in [2.75, 3.05) is 26.4 Å². The van der Waals surface area contributed by atoms with Crippen LogP contribution in [0.4, 0.5) is 0 Å². The van der Waals surface area contributed by atoms with Crippen LogP contribution < -0.4 is 5.73 Å². The van der Waals surface area contributed by atoms with Gasteiger partial charge in [-0.05, 0) is 13.3 Å². The molecule has 6 nitrogen and oxygen atoms in total. The van der Waals surface area contributed by atoms with E-state index in [-0.39, 0.29) is 12.6 Å². The Bertz CT molecular complexity index is 283. The Morgan fingerprint density at radius 1 is 1.53 bits per heavy atom. The molecule has 2 N–H and O–H groups in total. The van der Waals surface area contributed by atoms with Crippen LogP contribution in [0.2, 0.25) is 0 Å². The van der Waals surface area contributed by atoms with Crippen LogP contribution in [-0.2, 0) is 19.1 Å². The Labute approximate surface area is 101 Å². The van der Waals surface area contributed by atoms with E-state index in [1.807, 2.05) is 6.92 Å². The minimum Gasteiger partial charge on any atom is -0.465 e. The lowest BCUT2D eigenvalue weighted by Crippen LogP contribution is -2.58. The van der Waals surface area contributed by atoms with Gasteiger partial charge in [-0.15, -0.1) is 0 Å². The summed E-state index contributed by atoms with van der Waals surface area (Å²) in [6, 6.07) is -0.963. The number of carbonyl (C=O) groups excluding carboxylic acids is 2. The van der Waals surface area contributed by atoms with Crippen LogP contribution in [0.1, 0.15) is 20.3 Å². The Balaban J connectivity index is 2.76. The molecule has 0 aromatic carbocycles. The zero-order chi connectivity index (χ0) is 12.8. The van der Waals surface area contributed by atoms with E-state index in [1.54, 1.807) is 11.8 Å². The highest BCUT2D eigenvalue weighted by atomic mass is 16.5. The number of hydrogen-bond acceptors (Lipinski definition) is 5. The van der Waals surface area contributed by atoms with Gasteiger partial charge in [0.2, 0.25) is 5.91 Å². The van der Waals surface area contributed by atoms with Crippen LogP contribution in [-0.4, -0.2) is 55.2 Å². The maximum Gasteiger partial charge on any atom is 0.323 e. The number of morpholine rings is 1. The summed E-state index contributed by atoms with van der Waals surface area (Å²) < 4.78 is 10.2. The lowest BCUT2D eigenvalue weighted by atomic mass is 10.1. The Morgan fingerprint density at radius 2 is 2.24 bits per heavy atom. The molecule has 1 amide bonds. The number of carbonyl (C=O) groups is 2. The molecule has 1 saturated heterocycles. The predicted octanol–water partition coefficient (Wildman–Crippen LogP) is -0.486. The minimum atomic E-state index is -0.543. The Morgan fingerprint density at radius 3 is 2.76 bits per heavy atom. The van der Waals surface area contributed by atoms with Crippen molar-refractivity contribution in [3.63, 3.8) is 0 Å². The van der Waals surface area contributed by atoms with E-state index in [1.165, 1.54) is 0 Å². The van der Waals surface area contributed by atoms with E-state index in [2.05, 4.69) is 0 Å². The Kier molecular flexibility index (Phi) is 5.37. The molecule has 1 aliphatic heterocycles. The zero-order valence-corrected chi connectivity index (χ0v) is 10.3. The number of primary amides is 1. The number of esters is 1. The molecule has 98 valence electrons. The predicted molar refractivity (Wildman–Crippen MR) is 61.2 cm³/mol. The van der Waals surface area contributed by atoms with Crippen LogP contribution in [0.5, 0.6) is 0 Å². The quantitative estimate of drug-likeness (QED) is 0.660. The SMILES string of the molecule is CCOC(=O)C(CC)N1CCOCC1C(N)=O. The molecule has 0 aliphatic carbocycles. The van der Waals surface area contributed by atoms with Crippen LogP contribution in [0.15, 0.2) is 0 Å². The van der Waals surface area contributed by atoms with Crippen molar-refractivity contribution in [2.24, 2.45) is 5.73 Å². The number of nitrogens with two attached hydrogens (primary N) is 1. The minimum absolute atomic E-state index is 0.241. The van der Waals surface area contributed by atoms with Crippen LogP contribution >= 0.6 is 0 Å². The third kappa shape index (κ3) is 3.41. The van der Waals surface area contributed by atoms with E-state index in [9.17, 15) is 9.59 Å². The first-order chi connectivity index (χ1) is 8.11. The molecule has 6 heteroatoms. The average molecular weight is 244 g/mol. The lowest BCUT2D eigenvalue weighted by Gasteiger charge is -2.37. The number of rotatable bonds is 5. The van der Waals surface area contributed by atoms with Gasteiger partial charge in [0.05, 0.1) is 19.8 Å². The Hall–Kier alpha value is -1.14. The molecule has 1 aliphatic rings. The normalized spacial score (nSPS) is 23.1. The molecule has 1 heterocycles. The van der Waals surface area contributed by atoms with Crippen molar-refractivity contribution in [1.82, 2.24) is 4.90 Å². The van der Waals surface area contributed by atoms with Crippen LogP contribution in [0.3, 0.4) is 0 Å². The maximum absolute atomic E-state index is 11.8. The van der Waals surface area contributed by atoms with Crippen molar-refractivity contribution < 1.29 is 19.1 Å². The van der Waals surface area contributed by atoms with Gasteiger partial charge in [-0.25, -0.2) is 0 Å². The number of nitrogens with zero attached hydrogens (tertiary/aromatic N) is 1. The molecule has 2 unspecified atom stereocenters. The summed E-state index contributed by atoms with van der Waals surface area (Å²) in [5.41, 5.74) is 5.31. The summed E-state index contributed by atoms with van der Waals surface area (Å²) in [7, 11) is 0. The first kappa shape index (κ1) is 13.9. The monoisotopic (exact) mass is 244 g/mol. The molecule has 0 spiro atoms. The third-order valence-electron chi connectivity index (χ3n) is 2.84. The molecule has 0 aromatic rings. The second-order valence-corrected chi connectivity index (χ2v) is 3.91. The summed E-state index contributed by atoms with van der Waals surface area (Å²) in [5.74, 6) is -0.768. The van der Waals surface area contributed by atoms with Gasteiger partial charge >= 0.3 is 5.97 Å². The van der Waals surface area contributed by atoms with Crippen LogP contribution in [0.25, 0.3) is 0 Å². The van der Waals surface area contributed by atoms with Gasteiger partial charge in [0.1, 0.15) is 12.1 Å². The van der Waals surface area contributed by atoms with E-state index in [4.69, 9.17) is 15.2 Å². The van der Waals surface area contributed by atoms with Crippen LogP contribution in [0, 0.1) is 0 Å². The van der Waals surface area contributed by atoms with E-state index in [0.717, 1.165) is 0 Å². The first-order valence-corrected chi connectivity index (χ1v) is 5.91. The smallest absolute Gasteiger partial charge is 0.323 e. The molecule has 2 atom stereocenters. The fraction of sp³-hybridized carbons (Fsp3) is 0.818. The van der Waals surface area contributed by atoms with Gasteiger partial charge in [-0.3, -0.25) is 14.5 Å². The summed E-state index contributed by atoms with van der Waals surface area (Å²) in [4.78, 5) is 24.9. The molecule has 0 radical (unpaired) electrons. The molecular formula is C11H20N2O4. The average Bonchev–Trinajstić information content (AvgIpc) is 2.31. The molecule has 0 aromatic heterocycles. The number of amides is 1. The largest absolute Gasteiger partial charge is 0.465 e. The molecule has 0 saturated carbocycles. The number of ether oxygens (including phenoxy) is 2. The first-order valence-electron chi connectivity index (χ1n) is 5.91. The van der Waals surface area contributed by atoms with Crippen molar-refractivity contribution >= 4 is 11.9 Å². The fourth-order valence-electron chi connectivity index (χ4n) is 2.01. The fourth-order valence-corrected chi connectivity index (χ4v) is 2.01. The van der Waals surface area contributed by atoms with E-state index >= 15 is 0 Å². The molecule has 1 fully saturated rings. The van der Waals surface area contributed by atoms with Gasteiger partial charge < -0.3 is 15.2 Å². The third-order valence-corrected chi connectivity index (χ3v) is 2.84. The molecular weight excluding hydrogens is 224 g/mol. The summed E-state index contributed by atoms with van der Waals surface area (Å²) in [5, 5.41) is 0. The second-order valence-electron chi connectivity index (χ2n) is 3.91. The molecule has 0 bridgehead atoms. The van der Waals surface area contributed by atoms with Crippen molar-refractivity contribution in [3.8, 4) is 0 Å². The van der Waals surface area contributed by atoms with Gasteiger partial charge in [0.15, 0.2) is 0 Å². The van der Waals surface area contributed by atoms with Gasteiger partial charge in [-0.1, -0.05) is 6.92 Å². The van der Waals surface area contributed by atoms with E-state index in [0.29, 0.717) is 26.2 Å². The topological polar surface area (TPSA) is 81.9 Å². The van der Waals surface area contributed by atoms with Crippen molar-refractivity contribution in [2.45, 2.75) is 32.4 Å². The summed E-state index contributed by atoms with van der Waals surface area (Å²) in [6.07, 6.45) is 0.586. The van der Waals surface area contributed by atoms with Crippen molar-refractivity contribution in [1.29, 1.82) is 0 Å². The zero-order valence-electron chi connectivity index (χ0n) is 10.3. The van der Waals surface area contributed by atoms with Gasteiger partial charge in [0.25, 0.3) is 0 Å². The van der Waals surface area contributed by atoms with Gasteiger partial charge in [-0.2, -0.15) is 0 Å². The van der Waals surface area contributed by atoms with Crippen molar-refractivity contribution in [3.05, 3.63) is 0 Å². The molecule has 17 heavy (non-hydrogen) atoms. The highest BCUT2D eigenvalue weighted by Gasteiger charge is 2.36. The maximum atomic E-state index is 11.8.